The number of hydrogen-bond donors (Lipinski definition) is 1. The molecule has 0 aliphatic rings. The Morgan fingerprint density at radius 2 is 1.81 bits per heavy atom. The average Bonchev–Trinajstić information content (AvgIpc) is 2.46. The smallest absolute Gasteiger partial charge is 0.269 e. The zero-order chi connectivity index (χ0) is 15.6. The van der Waals surface area contributed by atoms with E-state index in [0.29, 0.717) is 16.9 Å². The summed E-state index contributed by atoms with van der Waals surface area (Å²) in [5, 5.41) is 10.6. The zero-order valence-electron chi connectivity index (χ0n) is 11.7. The van der Waals surface area contributed by atoms with Gasteiger partial charge in [0.05, 0.1) is 4.92 Å². The molecule has 21 heavy (non-hydrogen) atoms. The lowest BCUT2D eigenvalue weighted by atomic mass is 10.1. The number of aryl methyl sites for hydroxylation is 1. The maximum Gasteiger partial charge on any atom is 0.269 e. The number of nitro benzene ring substituents is 1. The number of carbonyl (C=O) groups excluding carboxylic acids is 1. The Labute approximate surface area is 121 Å². The number of nitro groups is 1. The lowest BCUT2D eigenvalue weighted by Gasteiger charge is -2.18. The Bertz CT molecular complexity index is 696. The SMILES string of the molecule is Cc1cc(N)ccc1C(=O)N(C)c1ccc([N+](=O)[O-])cc1. The van der Waals surface area contributed by atoms with Crippen LogP contribution in [-0.2, 0) is 0 Å². The van der Waals surface area contributed by atoms with Crippen LogP contribution in [0.3, 0.4) is 0 Å². The van der Waals surface area contributed by atoms with Crippen molar-refractivity contribution < 1.29 is 9.72 Å². The molecule has 0 aromatic heterocycles. The van der Waals surface area contributed by atoms with E-state index in [1.54, 1.807) is 37.4 Å². The number of benzene rings is 2. The standard InChI is InChI=1S/C15H15N3O3/c1-10-9-11(16)3-8-14(10)15(19)17(2)12-4-6-13(7-5-12)18(20)21/h3-9H,16H2,1-2H3. The number of nitrogen functional groups attached to an aromatic ring is 1. The highest BCUT2D eigenvalue weighted by molar-refractivity contribution is 6.06. The Morgan fingerprint density at radius 3 is 2.33 bits per heavy atom. The van der Waals surface area contributed by atoms with Crippen LogP contribution in [0.4, 0.5) is 17.1 Å². The number of hydrogen-bond acceptors (Lipinski definition) is 4. The summed E-state index contributed by atoms with van der Waals surface area (Å²) in [7, 11) is 1.62. The summed E-state index contributed by atoms with van der Waals surface area (Å²) < 4.78 is 0. The van der Waals surface area contributed by atoms with Crippen molar-refractivity contribution in [2.75, 3.05) is 17.7 Å². The van der Waals surface area contributed by atoms with Crippen molar-refractivity contribution >= 4 is 23.0 Å². The molecule has 2 rings (SSSR count). The van der Waals surface area contributed by atoms with Gasteiger partial charge in [-0.3, -0.25) is 14.9 Å². The molecule has 0 bridgehead atoms. The van der Waals surface area contributed by atoms with Crippen molar-refractivity contribution in [1.29, 1.82) is 0 Å². The van der Waals surface area contributed by atoms with Gasteiger partial charge >= 0.3 is 0 Å². The summed E-state index contributed by atoms with van der Waals surface area (Å²) >= 11 is 0. The molecule has 0 unspecified atom stereocenters. The summed E-state index contributed by atoms with van der Waals surface area (Å²) in [5.41, 5.74) is 8.18. The molecule has 0 saturated heterocycles. The molecular formula is C15H15N3O3. The summed E-state index contributed by atoms with van der Waals surface area (Å²) in [6.07, 6.45) is 0. The number of non-ortho nitro benzene ring substituents is 1. The van der Waals surface area contributed by atoms with Gasteiger partial charge in [0.2, 0.25) is 0 Å². The fraction of sp³-hybridized carbons (Fsp3) is 0.133. The van der Waals surface area contributed by atoms with E-state index in [1.165, 1.54) is 17.0 Å². The highest BCUT2D eigenvalue weighted by atomic mass is 16.6. The van der Waals surface area contributed by atoms with Crippen molar-refractivity contribution in [2.24, 2.45) is 0 Å². The van der Waals surface area contributed by atoms with Gasteiger partial charge < -0.3 is 10.6 Å². The quantitative estimate of drug-likeness (QED) is 0.533. The van der Waals surface area contributed by atoms with E-state index in [2.05, 4.69) is 0 Å². The first-order chi connectivity index (χ1) is 9.90. The van der Waals surface area contributed by atoms with Gasteiger partial charge in [0, 0.05) is 36.1 Å². The molecule has 0 saturated carbocycles. The summed E-state index contributed by atoms with van der Waals surface area (Å²) in [6, 6.07) is 10.9. The van der Waals surface area contributed by atoms with Gasteiger partial charge in [-0.1, -0.05) is 0 Å². The third-order valence-corrected chi connectivity index (χ3v) is 3.23. The monoisotopic (exact) mass is 285 g/mol. The van der Waals surface area contributed by atoms with Gasteiger partial charge in [0.15, 0.2) is 0 Å². The first-order valence-corrected chi connectivity index (χ1v) is 6.29. The molecule has 2 aromatic carbocycles. The van der Waals surface area contributed by atoms with E-state index < -0.39 is 4.92 Å². The minimum absolute atomic E-state index is 0.0109. The first-order valence-electron chi connectivity index (χ1n) is 6.29. The molecule has 0 aliphatic carbocycles. The summed E-state index contributed by atoms with van der Waals surface area (Å²) in [5.74, 6) is -0.193. The average molecular weight is 285 g/mol. The second kappa shape index (κ2) is 5.62. The number of nitrogens with zero attached hydrogens (tertiary/aromatic N) is 2. The molecule has 108 valence electrons. The van der Waals surface area contributed by atoms with Gasteiger partial charge in [-0.2, -0.15) is 0 Å². The van der Waals surface area contributed by atoms with Gasteiger partial charge in [-0.15, -0.1) is 0 Å². The predicted molar refractivity (Wildman–Crippen MR) is 81.4 cm³/mol. The van der Waals surface area contributed by atoms with Crippen molar-refractivity contribution in [3.63, 3.8) is 0 Å². The first kappa shape index (κ1) is 14.5. The zero-order valence-corrected chi connectivity index (χ0v) is 11.7. The maximum atomic E-state index is 12.4. The Balaban J connectivity index is 2.28. The third-order valence-electron chi connectivity index (χ3n) is 3.23. The minimum Gasteiger partial charge on any atom is -0.399 e. The van der Waals surface area contributed by atoms with Crippen LogP contribution in [0.1, 0.15) is 15.9 Å². The van der Waals surface area contributed by atoms with Crippen LogP contribution >= 0.6 is 0 Å². The van der Waals surface area contributed by atoms with Gasteiger partial charge in [-0.25, -0.2) is 0 Å². The van der Waals surface area contributed by atoms with Crippen molar-refractivity contribution in [3.8, 4) is 0 Å². The van der Waals surface area contributed by atoms with Crippen LogP contribution in [0.25, 0.3) is 0 Å². The lowest BCUT2D eigenvalue weighted by Crippen LogP contribution is -2.26. The maximum absolute atomic E-state index is 12.4. The molecule has 0 atom stereocenters. The topological polar surface area (TPSA) is 89.5 Å². The molecule has 1 amide bonds. The Kier molecular flexibility index (Phi) is 3.89. The number of carbonyl (C=O) groups is 1. The fourth-order valence-corrected chi connectivity index (χ4v) is 2.02. The summed E-state index contributed by atoms with van der Waals surface area (Å²) in [6.45, 7) is 1.81. The molecule has 2 N–H and O–H groups in total. The van der Waals surface area contributed by atoms with E-state index in [9.17, 15) is 14.9 Å². The van der Waals surface area contributed by atoms with E-state index in [1.807, 2.05) is 6.92 Å². The van der Waals surface area contributed by atoms with Gasteiger partial charge in [-0.05, 0) is 42.8 Å². The third kappa shape index (κ3) is 3.00. The van der Waals surface area contributed by atoms with Crippen molar-refractivity contribution in [3.05, 3.63) is 63.7 Å². The molecular weight excluding hydrogens is 270 g/mol. The molecule has 2 aromatic rings. The largest absolute Gasteiger partial charge is 0.399 e. The molecule has 0 radical (unpaired) electrons. The highest BCUT2D eigenvalue weighted by Crippen LogP contribution is 2.21. The minimum atomic E-state index is -0.476. The molecule has 6 heteroatoms. The second-order valence-electron chi connectivity index (χ2n) is 4.71. The highest BCUT2D eigenvalue weighted by Gasteiger charge is 2.16. The van der Waals surface area contributed by atoms with Gasteiger partial charge in [0.1, 0.15) is 0 Å². The molecule has 0 fully saturated rings. The summed E-state index contributed by atoms with van der Waals surface area (Å²) in [4.78, 5) is 24.0. The van der Waals surface area contributed by atoms with Crippen molar-refractivity contribution in [2.45, 2.75) is 6.92 Å². The molecule has 0 aliphatic heterocycles. The van der Waals surface area contributed by atoms with Gasteiger partial charge in [0.25, 0.3) is 11.6 Å². The van der Waals surface area contributed by atoms with E-state index in [-0.39, 0.29) is 11.6 Å². The van der Waals surface area contributed by atoms with Crippen LogP contribution in [-0.4, -0.2) is 17.9 Å². The molecule has 0 spiro atoms. The second-order valence-corrected chi connectivity index (χ2v) is 4.71. The number of amides is 1. The number of anilines is 2. The fourth-order valence-electron chi connectivity index (χ4n) is 2.02. The van der Waals surface area contributed by atoms with E-state index >= 15 is 0 Å². The van der Waals surface area contributed by atoms with Crippen LogP contribution in [0.2, 0.25) is 0 Å². The molecule has 0 heterocycles. The predicted octanol–water partition coefficient (Wildman–Crippen LogP) is 2.76. The number of rotatable bonds is 3. The van der Waals surface area contributed by atoms with Crippen LogP contribution in [0, 0.1) is 17.0 Å². The Hall–Kier alpha value is -2.89. The van der Waals surface area contributed by atoms with Crippen LogP contribution in [0.5, 0.6) is 0 Å². The lowest BCUT2D eigenvalue weighted by molar-refractivity contribution is -0.384. The van der Waals surface area contributed by atoms with Crippen LogP contribution < -0.4 is 10.6 Å². The van der Waals surface area contributed by atoms with E-state index in [4.69, 9.17) is 5.73 Å². The van der Waals surface area contributed by atoms with Crippen LogP contribution in [0.15, 0.2) is 42.5 Å². The van der Waals surface area contributed by atoms with Crippen molar-refractivity contribution in [1.82, 2.24) is 0 Å². The Morgan fingerprint density at radius 1 is 1.19 bits per heavy atom. The molecule has 6 nitrogen and oxygen atoms in total. The number of nitrogens with two attached hydrogens (primary N) is 1. The normalized spacial score (nSPS) is 10.2. The van der Waals surface area contributed by atoms with E-state index in [0.717, 1.165) is 5.56 Å².